The molecule has 0 bridgehead atoms. The van der Waals surface area contributed by atoms with E-state index in [1.165, 1.54) is 0 Å². The van der Waals surface area contributed by atoms with Crippen molar-refractivity contribution in [3.8, 4) is 5.75 Å². The van der Waals surface area contributed by atoms with Gasteiger partial charge in [0.05, 0.1) is 11.7 Å². The summed E-state index contributed by atoms with van der Waals surface area (Å²) in [7, 11) is 0. The van der Waals surface area contributed by atoms with Crippen molar-refractivity contribution in [1.29, 1.82) is 0 Å². The van der Waals surface area contributed by atoms with Crippen molar-refractivity contribution in [3.05, 3.63) is 63.6 Å². The van der Waals surface area contributed by atoms with Crippen molar-refractivity contribution >= 4 is 29.1 Å². The number of aliphatic hydroxyl groups excluding tert-OH is 1. The second kappa shape index (κ2) is 8.09. The SMILES string of the molecule is O=C(c1ccccc1OCc1ccc(Cl)cc1Cl)N1CCC(O)CC1. The Balaban J connectivity index is 1.73. The van der Waals surface area contributed by atoms with Gasteiger partial charge < -0.3 is 14.7 Å². The summed E-state index contributed by atoms with van der Waals surface area (Å²) in [6, 6.07) is 12.4. The normalized spacial score (nSPS) is 15.2. The van der Waals surface area contributed by atoms with Crippen molar-refractivity contribution < 1.29 is 14.6 Å². The molecular formula is C19H19Cl2NO3. The number of hydrogen-bond acceptors (Lipinski definition) is 3. The Hall–Kier alpha value is -1.75. The van der Waals surface area contributed by atoms with Crippen molar-refractivity contribution in [2.24, 2.45) is 0 Å². The highest BCUT2D eigenvalue weighted by atomic mass is 35.5. The maximum absolute atomic E-state index is 12.8. The van der Waals surface area contributed by atoms with E-state index in [1.54, 1.807) is 35.2 Å². The number of aliphatic hydroxyl groups is 1. The summed E-state index contributed by atoms with van der Waals surface area (Å²) in [5.41, 5.74) is 1.32. The Morgan fingerprint density at radius 3 is 2.60 bits per heavy atom. The smallest absolute Gasteiger partial charge is 0.257 e. The van der Waals surface area contributed by atoms with Crippen LogP contribution in [-0.2, 0) is 6.61 Å². The Morgan fingerprint density at radius 2 is 1.88 bits per heavy atom. The Morgan fingerprint density at radius 1 is 1.16 bits per heavy atom. The number of halogens is 2. The van der Waals surface area contributed by atoms with Crippen LogP contribution in [0.15, 0.2) is 42.5 Å². The lowest BCUT2D eigenvalue weighted by atomic mass is 10.1. The molecule has 4 nitrogen and oxygen atoms in total. The van der Waals surface area contributed by atoms with E-state index in [0.717, 1.165) is 5.56 Å². The molecule has 1 fully saturated rings. The second-order valence-corrected chi connectivity index (χ2v) is 6.89. The van der Waals surface area contributed by atoms with Gasteiger partial charge in [0.25, 0.3) is 5.91 Å². The van der Waals surface area contributed by atoms with Crippen molar-refractivity contribution in [3.63, 3.8) is 0 Å². The first-order chi connectivity index (χ1) is 12.0. The molecule has 0 atom stereocenters. The minimum absolute atomic E-state index is 0.0790. The molecule has 0 unspecified atom stereocenters. The minimum Gasteiger partial charge on any atom is -0.488 e. The van der Waals surface area contributed by atoms with Crippen LogP contribution in [0.25, 0.3) is 0 Å². The number of benzene rings is 2. The summed E-state index contributed by atoms with van der Waals surface area (Å²) < 4.78 is 5.85. The molecule has 6 heteroatoms. The van der Waals surface area contributed by atoms with Gasteiger partial charge in [0, 0.05) is 28.7 Å². The average Bonchev–Trinajstić information content (AvgIpc) is 2.61. The molecular weight excluding hydrogens is 361 g/mol. The summed E-state index contributed by atoms with van der Waals surface area (Å²) in [6.45, 7) is 1.35. The van der Waals surface area contributed by atoms with Crippen LogP contribution in [0.1, 0.15) is 28.8 Å². The fraction of sp³-hybridized carbons (Fsp3) is 0.316. The largest absolute Gasteiger partial charge is 0.488 e. The molecule has 1 aliphatic heterocycles. The molecule has 0 aromatic heterocycles. The van der Waals surface area contributed by atoms with Crippen LogP contribution in [0.4, 0.5) is 0 Å². The molecule has 1 aliphatic rings. The number of piperidine rings is 1. The summed E-state index contributed by atoms with van der Waals surface area (Å²) in [5, 5.41) is 10.7. The third kappa shape index (κ3) is 4.46. The highest BCUT2D eigenvalue weighted by Crippen LogP contribution is 2.26. The van der Waals surface area contributed by atoms with Gasteiger partial charge in [-0.25, -0.2) is 0 Å². The molecule has 1 heterocycles. The second-order valence-electron chi connectivity index (χ2n) is 6.04. The summed E-state index contributed by atoms with van der Waals surface area (Å²) in [5.74, 6) is 0.439. The van der Waals surface area contributed by atoms with Crippen LogP contribution in [0.3, 0.4) is 0 Å². The maximum Gasteiger partial charge on any atom is 0.257 e. The molecule has 1 saturated heterocycles. The summed E-state index contributed by atoms with van der Waals surface area (Å²) >= 11 is 12.1. The summed E-state index contributed by atoms with van der Waals surface area (Å²) in [6.07, 6.45) is 0.896. The van der Waals surface area contributed by atoms with Crippen LogP contribution in [0, 0.1) is 0 Å². The van der Waals surface area contributed by atoms with Gasteiger partial charge in [-0.2, -0.15) is 0 Å². The Labute approximate surface area is 156 Å². The number of likely N-dealkylation sites (tertiary alicyclic amines) is 1. The molecule has 0 aliphatic carbocycles. The van der Waals surface area contributed by atoms with Crippen LogP contribution >= 0.6 is 23.2 Å². The van der Waals surface area contributed by atoms with Gasteiger partial charge >= 0.3 is 0 Å². The Kier molecular flexibility index (Phi) is 5.84. The molecule has 0 saturated carbocycles. The lowest BCUT2D eigenvalue weighted by molar-refractivity contribution is 0.0543. The van der Waals surface area contributed by atoms with Gasteiger partial charge in [-0.05, 0) is 37.1 Å². The minimum atomic E-state index is -0.317. The zero-order valence-electron chi connectivity index (χ0n) is 13.6. The molecule has 132 valence electrons. The predicted molar refractivity (Wildman–Crippen MR) is 98.4 cm³/mol. The van der Waals surface area contributed by atoms with Crippen LogP contribution < -0.4 is 4.74 Å². The number of ether oxygens (including phenoxy) is 1. The van der Waals surface area contributed by atoms with E-state index in [-0.39, 0.29) is 18.6 Å². The number of rotatable bonds is 4. The number of carbonyl (C=O) groups is 1. The van der Waals surface area contributed by atoms with Crippen LogP contribution in [-0.4, -0.2) is 35.1 Å². The van der Waals surface area contributed by atoms with E-state index in [4.69, 9.17) is 27.9 Å². The first kappa shape index (κ1) is 18.1. The molecule has 0 radical (unpaired) electrons. The number of para-hydroxylation sites is 1. The fourth-order valence-corrected chi connectivity index (χ4v) is 3.27. The van der Waals surface area contributed by atoms with Crippen molar-refractivity contribution in [1.82, 2.24) is 4.90 Å². The van der Waals surface area contributed by atoms with E-state index >= 15 is 0 Å². The van der Waals surface area contributed by atoms with Crippen molar-refractivity contribution in [2.45, 2.75) is 25.6 Å². The van der Waals surface area contributed by atoms with Gasteiger partial charge in [-0.15, -0.1) is 0 Å². The highest BCUT2D eigenvalue weighted by molar-refractivity contribution is 6.35. The monoisotopic (exact) mass is 379 g/mol. The van der Waals surface area contributed by atoms with E-state index < -0.39 is 0 Å². The van der Waals surface area contributed by atoms with Gasteiger partial charge in [0.1, 0.15) is 12.4 Å². The third-order valence-corrected chi connectivity index (χ3v) is 4.85. The van der Waals surface area contributed by atoms with E-state index in [9.17, 15) is 9.90 Å². The summed E-state index contributed by atoms with van der Waals surface area (Å²) in [4.78, 5) is 14.5. The topological polar surface area (TPSA) is 49.8 Å². The molecule has 2 aromatic rings. The molecule has 1 N–H and O–H groups in total. The highest BCUT2D eigenvalue weighted by Gasteiger charge is 2.24. The first-order valence-electron chi connectivity index (χ1n) is 8.17. The molecule has 3 rings (SSSR count). The van der Waals surface area contributed by atoms with Crippen LogP contribution in [0.5, 0.6) is 5.75 Å². The van der Waals surface area contributed by atoms with E-state index in [0.29, 0.717) is 47.3 Å². The standard InChI is InChI=1S/C19H19Cl2NO3/c20-14-6-5-13(17(21)11-14)12-25-18-4-2-1-3-16(18)19(24)22-9-7-15(23)8-10-22/h1-6,11,15,23H,7-10,12H2. The number of amides is 1. The Bertz CT molecular complexity index is 758. The third-order valence-electron chi connectivity index (χ3n) is 4.27. The van der Waals surface area contributed by atoms with Gasteiger partial charge in [-0.3, -0.25) is 4.79 Å². The van der Waals surface area contributed by atoms with Gasteiger partial charge in [0.2, 0.25) is 0 Å². The maximum atomic E-state index is 12.8. The van der Waals surface area contributed by atoms with E-state index in [1.807, 2.05) is 12.1 Å². The quantitative estimate of drug-likeness (QED) is 0.866. The number of carbonyl (C=O) groups excluding carboxylic acids is 1. The van der Waals surface area contributed by atoms with Gasteiger partial charge in [0.15, 0.2) is 0 Å². The zero-order chi connectivity index (χ0) is 17.8. The number of nitrogens with zero attached hydrogens (tertiary/aromatic N) is 1. The first-order valence-corrected chi connectivity index (χ1v) is 8.93. The van der Waals surface area contributed by atoms with Crippen LogP contribution in [0.2, 0.25) is 10.0 Å². The van der Waals surface area contributed by atoms with Gasteiger partial charge in [-0.1, -0.05) is 41.4 Å². The molecule has 0 spiro atoms. The molecule has 25 heavy (non-hydrogen) atoms. The lowest BCUT2D eigenvalue weighted by Gasteiger charge is -2.30. The number of hydrogen-bond donors (Lipinski definition) is 1. The fourth-order valence-electron chi connectivity index (χ4n) is 2.80. The lowest BCUT2D eigenvalue weighted by Crippen LogP contribution is -2.40. The average molecular weight is 380 g/mol. The predicted octanol–water partition coefficient (Wildman–Crippen LogP) is 4.17. The van der Waals surface area contributed by atoms with E-state index in [2.05, 4.69) is 0 Å². The van der Waals surface area contributed by atoms with Crippen molar-refractivity contribution in [2.75, 3.05) is 13.1 Å². The zero-order valence-corrected chi connectivity index (χ0v) is 15.1. The molecule has 1 amide bonds. The molecule has 2 aromatic carbocycles.